The smallest absolute Gasteiger partial charge is 0.308 e. The molecule has 0 heterocycles. The molecule has 0 N–H and O–H groups in total. The second-order valence-corrected chi connectivity index (χ2v) is 3.11. The fourth-order valence-corrected chi connectivity index (χ4v) is 1.03. The number of ether oxygens (including phenoxy) is 1. The van der Waals surface area contributed by atoms with Gasteiger partial charge >= 0.3 is 5.97 Å². The molecule has 1 atom stereocenters. The number of carbonyl (C=O) groups is 1. The summed E-state index contributed by atoms with van der Waals surface area (Å²) in [6, 6.07) is 0. The topological polar surface area (TPSA) is 26.3 Å². The second-order valence-electron chi connectivity index (χ2n) is 3.11. The van der Waals surface area contributed by atoms with Gasteiger partial charge in [-0.1, -0.05) is 57.7 Å². The van der Waals surface area contributed by atoms with Gasteiger partial charge in [0.05, 0.1) is 12.5 Å². The van der Waals surface area contributed by atoms with Crippen molar-refractivity contribution in [2.24, 2.45) is 5.92 Å². The molecule has 0 spiro atoms. The summed E-state index contributed by atoms with van der Waals surface area (Å²) in [6.07, 6.45) is 5.96. The molecule has 0 aliphatic carbocycles. The number of allylic oxidation sites excluding steroid dienone is 4. The highest BCUT2D eigenvalue weighted by Gasteiger charge is 2.13. The number of rotatable bonds is 6. The van der Waals surface area contributed by atoms with Crippen LogP contribution < -0.4 is 0 Å². The van der Waals surface area contributed by atoms with Crippen LogP contribution in [-0.2, 0) is 9.53 Å². The Morgan fingerprint density at radius 2 is 2.00 bits per heavy atom. The first-order chi connectivity index (χ1) is 7.61. The predicted octanol–water partition coefficient (Wildman–Crippen LogP) is 3.90. The summed E-state index contributed by atoms with van der Waals surface area (Å²) >= 11 is 0. The molecule has 0 bridgehead atoms. The van der Waals surface area contributed by atoms with Crippen LogP contribution in [0.5, 0.6) is 0 Å². The highest BCUT2D eigenvalue weighted by atomic mass is 16.5. The Morgan fingerprint density at radius 1 is 1.44 bits per heavy atom. The fraction of sp³-hybridized carbons (Fsp3) is 0.500. The first-order valence-electron chi connectivity index (χ1n) is 5.75. The molecule has 16 heavy (non-hydrogen) atoms. The van der Waals surface area contributed by atoms with Crippen molar-refractivity contribution < 1.29 is 9.53 Å². The molecular weight excluding hydrogens is 200 g/mol. The van der Waals surface area contributed by atoms with Crippen LogP contribution in [0.1, 0.15) is 34.1 Å². The number of carbonyl (C=O) groups excluding carboxylic acids is 1. The van der Waals surface area contributed by atoms with Gasteiger partial charge in [-0.3, -0.25) is 4.79 Å². The van der Waals surface area contributed by atoms with Gasteiger partial charge in [-0.25, -0.2) is 0 Å². The van der Waals surface area contributed by atoms with Crippen molar-refractivity contribution in [3.8, 4) is 0 Å². The van der Waals surface area contributed by atoms with Crippen molar-refractivity contribution >= 4 is 5.97 Å². The van der Waals surface area contributed by atoms with E-state index < -0.39 is 0 Å². The molecule has 0 fully saturated rings. The van der Waals surface area contributed by atoms with Crippen molar-refractivity contribution in [2.75, 3.05) is 6.61 Å². The summed E-state index contributed by atoms with van der Waals surface area (Å²) in [7, 11) is 0. The van der Waals surface area contributed by atoms with E-state index in [0.29, 0.717) is 13.0 Å². The molecule has 0 amide bonds. The summed E-state index contributed by atoms with van der Waals surface area (Å²) in [5, 5.41) is 0. The summed E-state index contributed by atoms with van der Waals surface area (Å²) in [4.78, 5) is 11.2. The molecule has 0 radical (unpaired) electrons. The van der Waals surface area contributed by atoms with E-state index in [0.717, 1.165) is 5.57 Å². The first kappa shape index (κ1) is 17.1. The van der Waals surface area contributed by atoms with Crippen molar-refractivity contribution in [3.63, 3.8) is 0 Å². The Kier molecular flexibility index (Phi) is 12.6. The molecule has 0 aliphatic heterocycles. The van der Waals surface area contributed by atoms with E-state index in [-0.39, 0.29) is 11.9 Å². The van der Waals surface area contributed by atoms with Gasteiger partial charge in [-0.05, 0) is 13.3 Å². The largest absolute Gasteiger partial charge is 0.466 e. The highest BCUT2D eigenvalue weighted by Crippen LogP contribution is 2.12. The first-order valence-corrected chi connectivity index (χ1v) is 5.75. The quantitative estimate of drug-likeness (QED) is 0.505. The van der Waals surface area contributed by atoms with Crippen LogP contribution in [0.2, 0.25) is 0 Å². The number of esters is 1. The molecule has 0 aromatic carbocycles. The van der Waals surface area contributed by atoms with Gasteiger partial charge in [0.1, 0.15) is 0 Å². The minimum Gasteiger partial charge on any atom is -0.466 e. The lowest BCUT2D eigenvalue weighted by atomic mass is 10.0. The summed E-state index contributed by atoms with van der Waals surface area (Å²) < 4.78 is 4.88. The Hall–Kier alpha value is -1.31. The Balaban J connectivity index is 0. The van der Waals surface area contributed by atoms with E-state index in [1.807, 2.05) is 26.8 Å². The predicted molar refractivity (Wildman–Crippen MR) is 70.2 cm³/mol. The molecule has 2 heteroatoms. The van der Waals surface area contributed by atoms with Gasteiger partial charge in [-0.2, -0.15) is 0 Å². The van der Waals surface area contributed by atoms with E-state index in [1.54, 1.807) is 19.1 Å². The average molecular weight is 224 g/mol. The molecule has 1 unspecified atom stereocenters. The van der Waals surface area contributed by atoms with E-state index in [9.17, 15) is 4.79 Å². The Morgan fingerprint density at radius 3 is 2.44 bits per heavy atom. The van der Waals surface area contributed by atoms with Crippen LogP contribution in [-0.4, -0.2) is 12.6 Å². The molecule has 0 saturated heterocycles. The molecular formula is C14H24O2. The third kappa shape index (κ3) is 9.25. The third-order valence-electron chi connectivity index (χ3n) is 1.73. The monoisotopic (exact) mass is 224 g/mol. The Bertz CT molecular complexity index is 239. The van der Waals surface area contributed by atoms with Gasteiger partial charge < -0.3 is 4.74 Å². The lowest BCUT2D eigenvalue weighted by Gasteiger charge is -2.09. The number of hydrogen-bond donors (Lipinski definition) is 0. The molecule has 2 nitrogen and oxygen atoms in total. The van der Waals surface area contributed by atoms with Gasteiger partial charge in [-0.15, -0.1) is 0 Å². The van der Waals surface area contributed by atoms with E-state index >= 15 is 0 Å². The molecule has 92 valence electrons. The third-order valence-corrected chi connectivity index (χ3v) is 1.73. The zero-order chi connectivity index (χ0) is 13.0. The van der Waals surface area contributed by atoms with E-state index in [1.165, 1.54) is 0 Å². The fourth-order valence-electron chi connectivity index (χ4n) is 1.03. The van der Waals surface area contributed by atoms with Crippen molar-refractivity contribution in [3.05, 3.63) is 37.0 Å². The maximum Gasteiger partial charge on any atom is 0.308 e. The van der Waals surface area contributed by atoms with Crippen LogP contribution in [0.25, 0.3) is 0 Å². The van der Waals surface area contributed by atoms with Gasteiger partial charge in [0.25, 0.3) is 0 Å². The zero-order valence-electron chi connectivity index (χ0n) is 11.0. The van der Waals surface area contributed by atoms with Crippen LogP contribution >= 0.6 is 0 Å². The Labute approximate surface area is 99.7 Å². The lowest BCUT2D eigenvalue weighted by molar-refractivity contribution is -0.147. The van der Waals surface area contributed by atoms with Crippen LogP contribution in [0.15, 0.2) is 37.0 Å². The minimum atomic E-state index is -0.166. The molecule has 0 aromatic rings. The van der Waals surface area contributed by atoms with E-state index in [2.05, 4.69) is 13.2 Å². The van der Waals surface area contributed by atoms with Crippen molar-refractivity contribution in [2.45, 2.75) is 34.1 Å². The maximum atomic E-state index is 11.2. The zero-order valence-corrected chi connectivity index (χ0v) is 11.0. The minimum absolute atomic E-state index is 0.128. The normalized spacial score (nSPS) is 11.2. The second kappa shape index (κ2) is 11.8. The standard InChI is InChI=1S/C12H18O2.C2H6/c1-5-7-8-10(3)9-11(4)12(13)14-6-2;1-2/h5,7-8,11H,1,3,6,9H2,2,4H3;1-2H3/b8-7-;. The van der Waals surface area contributed by atoms with Crippen LogP contribution in [0.3, 0.4) is 0 Å². The molecule has 0 aliphatic rings. The summed E-state index contributed by atoms with van der Waals surface area (Å²) in [5.41, 5.74) is 0.908. The number of hydrogen-bond acceptors (Lipinski definition) is 2. The van der Waals surface area contributed by atoms with Gasteiger partial charge in [0.2, 0.25) is 0 Å². The SMILES string of the molecule is C=C/C=C\C(=C)CC(C)C(=O)OCC.CC. The van der Waals surface area contributed by atoms with Gasteiger partial charge in [0.15, 0.2) is 0 Å². The van der Waals surface area contributed by atoms with Crippen molar-refractivity contribution in [1.82, 2.24) is 0 Å². The van der Waals surface area contributed by atoms with Crippen LogP contribution in [0, 0.1) is 5.92 Å². The van der Waals surface area contributed by atoms with Gasteiger partial charge in [0, 0.05) is 0 Å². The summed E-state index contributed by atoms with van der Waals surface area (Å²) in [5.74, 6) is -0.294. The molecule has 0 saturated carbocycles. The maximum absolute atomic E-state index is 11.2. The lowest BCUT2D eigenvalue weighted by Crippen LogP contribution is -2.14. The van der Waals surface area contributed by atoms with Crippen LogP contribution in [0.4, 0.5) is 0 Å². The molecule has 0 rings (SSSR count). The van der Waals surface area contributed by atoms with Crippen molar-refractivity contribution in [1.29, 1.82) is 0 Å². The highest BCUT2D eigenvalue weighted by molar-refractivity contribution is 5.72. The average Bonchev–Trinajstić information content (AvgIpc) is 2.29. The summed E-state index contributed by atoms with van der Waals surface area (Å²) in [6.45, 7) is 15.5. The molecule has 0 aromatic heterocycles. The van der Waals surface area contributed by atoms with E-state index in [4.69, 9.17) is 4.74 Å².